The zero-order valence-electron chi connectivity index (χ0n) is 12.0. The fourth-order valence-electron chi connectivity index (χ4n) is 1.82. The summed E-state index contributed by atoms with van der Waals surface area (Å²) in [6.07, 6.45) is 0. The van der Waals surface area contributed by atoms with Crippen molar-refractivity contribution in [3.8, 4) is 0 Å². The fourth-order valence-corrected chi connectivity index (χ4v) is 2.77. The maximum Gasteiger partial charge on any atom is 0.269 e. The third kappa shape index (κ3) is 3.43. The average molecular weight is 320 g/mol. The SMILES string of the molecule is CC(C)(C)c1nnsc1C(=O)Nc1ccccc1C(N)=S. The molecule has 0 fully saturated rings. The summed E-state index contributed by atoms with van der Waals surface area (Å²) in [5, 5.41) is 6.90. The molecule has 0 aliphatic heterocycles. The van der Waals surface area contributed by atoms with Gasteiger partial charge in [-0.15, -0.1) is 5.10 Å². The molecule has 0 spiro atoms. The van der Waals surface area contributed by atoms with E-state index in [2.05, 4.69) is 14.9 Å². The maximum absolute atomic E-state index is 12.5. The molecule has 0 saturated carbocycles. The second-order valence-electron chi connectivity index (χ2n) is 5.56. The minimum atomic E-state index is -0.251. The zero-order chi connectivity index (χ0) is 15.6. The van der Waals surface area contributed by atoms with E-state index in [1.165, 1.54) is 0 Å². The van der Waals surface area contributed by atoms with Gasteiger partial charge in [0.05, 0.1) is 11.4 Å². The van der Waals surface area contributed by atoms with Gasteiger partial charge in [-0.25, -0.2) is 0 Å². The number of amides is 1. The van der Waals surface area contributed by atoms with Gasteiger partial charge in [-0.2, -0.15) is 0 Å². The third-order valence-corrected chi connectivity index (χ3v) is 3.79. The van der Waals surface area contributed by atoms with Crippen LogP contribution in [0, 0.1) is 0 Å². The molecule has 0 radical (unpaired) electrons. The number of carbonyl (C=O) groups excluding carboxylic acids is 1. The van der Waals surface area contributed by atoms with E-state index in [-0.39, 0.29) is 16.3 Å². The summed E-state index contributed by atoms with van der Waals surface area (Å²) in [6, 6.07) is 7.16. The van der Waals surface area contributed by atoms with Gasteiger partial charge in [0.2, 0.25) is 0 Å². The lowest BCUT2D eigenvalue weighted by Gasteiger charge is -2.16. The van der Waals surface area contributed by atoms with Crippen molar-refractivity contribution in [2.75, 3.05) is 5.32 Å². The van der Waals surface area contributed by atoms with E-state index in [4.69, 9.17) is 18.0 Å². The normalized spacial score (nSPS) is 11.2. The van der Waals surface area contributed by atoms with E-state index in [1.54, 1.807) is 12.1 Å². The first kappa shape index (κ1) is 15.5. The molecular weight excluding hydrogens is 304 g/mol. The smallest absolute Gasteiger partial charge is 0.269 e. The van der Waals surface area contributed by atoms with Crippen LogP contribution in [0.2, 0.25) is 0 Å². The quantitative estimate of drug-likeness (QED) is 0.850. The first-order chi connectivity index (χ1) is 9.80. The van der Waals surface area contributed by atoms with Gasteiger partial charge >= 0.3 is 0 Å². The van der Waals surface area contributed by atoms with Crippen molar-refractivity contribution in [3.05, 3.63) is 40.4 Å². The number of nitrogens with one attached hydrogen (secondary N) is 1. The Hall–Kier alpha value is -1.86. The van der Waals surface area contributed by atoms with Crippen molar-refractivity contribution >= 4 is 40.3 Å². The van der Waals surface area contributed by atoms with Gasteiger partial charge in [-0.05, 0) is 23.7 Å². The van der Waals surface area contributed by atoms with E-state index in [0.717, 1.165) is 11.5 Å². The Kier molecular flexibility index (Phi) is 4.34. The van der Waals surface area contributed by atoms with Crippen molar-refractivity contribution in [1.29, 1.82) is 0 Å². The van der Waals surface area contributed by atoms with E-state index in [1.807, 2.05) is 32.9 Å². The highest BCUT2D eigenvalue weighted by Crippen LogP contribution is 2.27. The Morgan fingerprint density at radius 2 is 2.00 bits per heavy atom. The lowest BCUT2D eigenvalue weighted by Crippen LogP contribution is -2.21. The molecule has 0 saturated heterocycles. The molecule has 0 aliphatic rings. The Bertz CT molecular complexity index is 688. The highest BCUT2D eigenvalue weighted by atomic mass is 32.1. The second-order valence-corrected chi connectivity index (χ2v) is 6.76. The van der Waals surface area contributed by atoms with Gasteiger partial charge in [0.1, 0.15) is 9.87 Å². The van der Waals surface area contributed by atoms with Gasteiger partial charge in [0.15, 0.2) is 0 Å². The monoisotopic (exact) mass is 320 g/mol. The number of rotatable bonds is 3. The standard InChI is InChI=1S/C14H16N4OS2/c1-14(2,3)11-10(21-18-17-11)13(19)16-9-7-5-4-6-8(9)12(15)20/h4-7H,1-3H3,(H2,15,20)(H,16,19). The van der Waals surface area contributed by atoms with Crippen LogP contribution in [0.1, 0.15) is 41.7 Å². The summed E-state index contributed by atoms with van der Waals surface area (Å²) >= 11 is 6.07. The van der Waals surface area contributed by atoms with Crippen LogP contribution in [0.5, 0.6) is 0 Å². The van der Waals surface area contributed by atoms with Crippen LogP contribution in [-0.2, 0) is 5.41 Å². The van der Waals surface area contributed by atoms with Gasteiger partial charge in [0, 0.05) is 11.0 Å². The van der Waals surface area contributed by atoms with E-state index in [9.17, 15) is 4.79 Å². The molecule has 0 unspecified atom stereocenters. The number of hydrogen-bond acceptors (Lipinski definition) is 5. The zero-order valence-corrected chi connectivity index (χ0v) is 13.6. The summed E-state index contributed by atoms with van der Waals surface area (Å²) in [5.41, 5.74) is 7.32. The molecule has 1 aromatic carbocycles. The predicted molar refractivity (Wildman–Crippen MR) is 88.9 cm³/mol. The van der Waals surface area contributed by atoms with Crippen LogP contribution in [0.3, 0.4) is 0 Å². The molecule has 5 nitrogen and oxygen atoms in total. The molecule has 7 heteroatoms. The second kappa shape index (κ2) is 5.87. The summed E-state index contributed by atoms with van der Waals surface area (Å²) in [7, 11) is 0. The molecule has 1 aromatic heterocycles. The molecule has 0 aliphatic carbocycles. The molecule has 2 aromatic rings. The molecule has 0 atom stereocenters. The Labute approximate surface area is 132 Å². The van der Waals surface area contributed by atoms with Crippen molar-refractivity contribution in [2.45, 2.75) is 26.2 Å². The number of aromatic nitrogens is 2. The lowest BCUT2D eigenvalue weighted by atomic mass is 9.91. The average Bonchev–Trinajstić information content (AvgIpc) is 2.88. The van der Waals surface area contributed by atoms with Gasteiger partial charge in [-0.1, -0.05) is 49.6 Å². The number of nitrogens with two attached hydrogens (primary N) is 1. The number of para-hydroxylation sites is 1. The molecule has 3 N–H and O–H groups in total. The first-order valence-corrected chi connectivity index (χ1v) is 7.52. The molecule has 21 heavy (non-hydrogen) atoms. The number of nitrogens with zero attached hydrogens (tertiary/aromatic N) is 2. The minimum Gasteiger partial charge on any atom is -0.389 e. The van der Waals surface area contributed by atoms with E-state index in [0.29, 0.717) is 21.8 Å². The number of benzene rings is 1. The van der Waals surface area contributed by atoms with Crippen LogP contribution in [0.4, 0.5) is 5.69 Å². The molecular formula is C14H16N4OS2. The van der Waals surface area contributed by atoms with E-state index < -0.39 is 0 Å². The van der Waals surface area contributed by atoms with Crippen LogP contribution >= 0.6 is 23.8 Å². The molecule has 1 heterocycles. The Morgan fingerprint density at radius 3 is 2.62 bits per heavy atom. The van der Waals surface area contributed by atoms with Crippen molar-refractivity contribution in [1.82, 2.24) is 9.59 Å². The van der Waals surface area contributed by atoms with Crippen LogP contribution < -0.4 is 11.1 Å². The van der Waals surface area contributed by atoms with Crippen molar-refractivity contribution in [3.63, 3.8) is 0 Å². The van der Waals surface area contributed by atoms with Crippen LogP contribution in [0.15, 0.2) is 24.3 Å². The number of hydrogen-bond donors (Lipinski definition) is 2. The van der Waals surface area contributed by atoms with Gasteiger partial charge in [0.25, 0.3) is 5.91 Å². The first-order valence-electron chi connectivity index (χ1n) is 6.33. The van der Waals surface area contributed by atoms with Crippen molar-refractivity contribution in [2.24, 2.45) is 5.73 Å². The van der Waals surface area contributed by atoms with Gasteiger partial charge < -0.3 is 11.1 Å². The summed E-state index contributed by atoms with van der Waals surface area (Å²) in [5.74, 6) is -0.251. The number of thiocarbonyl (C=S) groups is 1. The third-order valence-electron chi connectivity index (χ3n) is 2.85. The summed E-state index contributed by atoms with van der Waals surface area (Å²) < 4.78 is 3.89. The molecule has 0 bridgehead atoms. The topological polar surface area (TPSA) is 80.9 Å². The van der Waals surface area contributed by atoms with Gasteiger partial charge in [-0.3, -0.25) is 4.79 Å². The molecule has 2 rings (SSSR count). The molecule has 1 amide bonds. The molecule has 110 valence electrons. The summed E-state index contributed by atoms with van der Waals surface area (Å²) in [6.45, 7) is 5.97. The largest absolute Gasteiger partial charge is 0.389 e. The fraction of sp³-hybridized carbons (Fsp3) is 0.286. The highest BCUT2D eigenvalue weighted by molar-refractivity contribution is 7.80. The predicted octanol–water partition coefficient (Wildman–Crippen LogP) is 2.72. The number of anilines is 1. The van der Waals surface area contributed by atoms with Crippen LogP contribution in [0.25, 0.3) is 0 Å². The minimum absolute atomic E-state index is 0.240. The Morgan fingerprint density at radius 1 is 1.33 bits per heavy atom. The van der Waals surface area contributed by atoms with E-state index >= 15 is 0 Å². The van der Waals surface area contributed by atoms with Crippen molar-refractivity contribution < 1.29 is 4.79 Å². The highest BCUT2D eigenvalue weighted by Gasteiger charge is 2.26. The van der Waals surface area contributed by atoms with Crippen LogP contribution in [-0.4, -0.2) is 20.5 Å². The summed E-state index contributed by atoms with van der Waals surface area (Å²) in [4.78, 5) is 13.2. The Balaban J connectivity index is 2.32. The number of carbonyl (C=O) groups is 1. The maximum atomic E-state index is 12.5. The lowest BCUT2D eigenvalue weighted by molar-refractivity contribution is 0.102.